The third-order valence-corrected chi connectivity index (χ3v) is 5.79. The van der Waals surface area contributed by atoms with E-state index in [9.17, 15) is 9.59 Å². The van der Waals surface area contributed by atoms with Gasteiger partial charge in [0.2, 0.25) is 0 Å². The predicted octanol–water partition coefficient (Wildman–Crippen LogP) is 5.98. The third-order valence-electron chi connectivity index (χ3n) is 4.67. The van der Waals surface area contributed by atoms with Gasteiger partial charge < -0.3 is 14.2 Å². The van der Waals surface area contributed by atoms with E-state index in [0.29, 0.717) is 29.2 Å². The molecule has 3 rings (SSSR count). The van der Waals surface area contributed by atoms with E-state index < -0.39 is 11.9 Å². The molecule has 0 fully saturated rings. The topological polar surface area (TPSA) is 86.2 Å². The van der Waals surface area contributed by atoms with Crippen LogP contribution in [0.2, 0.25) is 0 Å². The second-order valence-electron chi connectivity index (χ2n) is 7.51. The number of hydrogen-bond acceptors (Lipinski definition) is 6. The second kappa shape index (κ2) is 12.5. The molecule has 0 aliphatic carbocycles. The number of nitrogens with zero attached hydrogens (tertiary/aromatic N) is 1. The Hall–Kier alpha value is -3.17. The Morgan fingerprint density at radius 1 is 0.971 bits per heavy atom. The van der Waals surface area contributed by atoms with Gasteiger partial charge in [-0.2, -0.15) is 5.10 Å². The van der Waals surface area contributed by atoms with Crippen molar-refractivity contribution in [1.29, 1.82) is 0 Å². The molecule has 0 radical (unpaired) electrons. The van der Waals surface area contributed by atoms with Crippen LogP contribution in [0.3, 0.4) is 0 Å². The van der Waals surface area contributed by atoms with Crippen LogP contribution in [0.15, 0.2) is 68.6 Å². The predicted molar refractivity (Wildman–Crippen MR) is 142 cm³/mol. The number of amides is 1. The van der Waals surface area contributed by atoms with Crippen LogP contribution in [0.5, 0.6) is 17.2 Å². The van der Waals surface area contributed by atoms with Crippen molar-refractivity contribution < 1.29 is 23.8 Å². The van der Waals surface area contributed by atoms with Crippen LogP contribution >= 0.6 is 31.9 Å². The highest BCUT2D eigenvalue weighted by Gasteiger charge is 2.13. The minimum atomic E-state index is -0.498. The van der Waals surface area contributed by atoms with Crippen LogP contribution in [-0.2, 0) is 4.79 Å². The van der Waals surface area contributed by atoms with Crippen molar-refractivity contribution in [2.75, 3.05) is 13.2 Å². The molecule has 35 heavy (non-hydrogen) atoms. The molecule has 0 aliphatic rings. The largest absolute Gasteiger partial charge is 0.490 e. The molecule has 1 N–H and O–H groups in total. The van der Waals surface area contributed by atoms with Crippen molar-refractivity contribution in [3.63, 3.8) is 0 Å². The van der Waals surface area contributed by atoms with Crippen molar-refractivity contribution in [2.24, 2.45) is 5.10 Å². The first-order valence-corrected chi connectivity index (χ1v) is 12.3. The summed E-state index contributed by atoms with van der Waals surface area (Å²) in [7, 11) is 0. The SMILES string of the molecule is CCOc1cc(/C=N/NC(=O)COc2c(C)cc(C)cc2Br)ccc1OC(=O)c1ccc(Br)cc1. The molecule has 0 unspecified atom stereocenters. The molecule has 0 saturated heterocycles. The summed E-state index contributed by atoms with van der Waals surface area (Å²) in [6.07, 6.45) is 1.47. The third kappa shape index (κ3) is 7.66. The van der Waals surface area contributed by atoms with Gasteiger partial charge in [0.25, 0.3) is 5.91 Å². The Bertz CT molecular complexity index is 1220. The number of carbonyl (C=O) groups excluding carboxylic acids is 2. The minimum absolute atomic E-state index is 0.186. The summed E-state index contributed by atoms with van der Waals surface area (Å²) in [6, 6.07) is 15.8. The molecule has 182 valence electrons. The summed E-state index contributed by atoms with van der Waals surface area (Å²) >= 11 is 6.79. The molecule has 0 atom stereocenters. The Morgan fingerprint density at radius 2 is 1.71 bits per heavy atom. The van der Waals surface area contributed by atoms with Crippen LogP contribution in [0.4, 0.5) is 0 Å². The Labute approximate surface area is 220 Å². The molecule has 7 nitrogen and oxygen atoms in total. The van der Waals surface area contributed by atoms with E-state index in [-0.39, 0.29) is 12.4 Å². The second-order valence-corrected chi connectivity index (χ2v) is 9.28. The first-order valence-electron chi connectivity index (χ1n) is 10.7. The summed E-state index contributed by atoms with van der Waals surface area (Å²) in [5, 5.41) is 3.98. The average Bonchev–Trinajstić information content (AvgIpc) is 2.80. The van der Waals surface area contributed by atoms with Crippen molar-refractivity contribution in [3.8, 4) is 17.2 Å². The van der Waals surface area contributed by atoms with E-state index in [1.54, 1.807) is 42.5 Å². The lowest BCUT2D eigenvalue weighted by atomic mass is 10.1. The highest BCUT2D eigenvalue weighted by molar-refractivity contribution is 9.10. The maximum Gasteiger partial charge on any atom is 0.343 e. The Morgan fingerprint density at radius 3 is 2.40 bits per heavy atom. The maximum absolute atomic E-state index is 12.5. The zero-order valence-electron chi connectivity index (χ0n) is 19.4. The van der Waals surface area contributed by atoms with Crippen LogP contribution < -0.4 is 19.6 Å². The van der Waals surface area contributed by atoms with Gasteiger partial charge in [0.05, 0.1) is 22.9 Å². The van der Waals surface area contributed by atoms with E-state index in [2.05, 4.69) is 42.4 Å². The van der Waals surface area contributed by atoms with Gasteiger partial charge in [-0.3, -0.25) is 4.79 Å². The van der Waals surface area contributed by atoms with Crippen molar-refractivity contribution in [2.45, 2.75) is 20.8 Å². The van der Waals surface area contributed by atoms with Crippen molar-refractivity contribution in [1.82, 2.24) is 5.43 Å². The summed E-state index contributed by atoms with van der Waals surface area (Å²) in [5.74, 6) is 0.384. The molecule has 0 heterocycles. The number of carbonyl (C=O) groups is 2. The number of esters is 1. The number of hydrogen-bond donors (Lipinski definition) is 1. The van der Waals surface area contributed by atoms with Gasteiger partial charge in [-0.15, -0.1) is 0 Å². The lowest BCUT2D eigenvalue weighted by Gasteiger charge is -2.12. The molecule has 1 amide bonds. The first kappa shape index (κ1) is 26.4. The monoisotopic (exact) mass is 602 g/mol. The van der Waals surface area contributed by atoms with Crippen LogP contribution in [-0.4, -0.2) is 31.3 Å². The number of nitrogens with one attached hydrogen (secondary N) is 1. The van der Waals surface area contributed by atoms with Gasteiger partial charge in [0, 0.05) is 4.47 Å². The molecule has 3 aromatic carbocycles. The highest BCUT2D eigenvalue weighted by Crippen LogP contribution is 2.30. The Kier molecular flexibility index (Phi) is 9.45. The molecule has 0 bridgehead atoms. The quantitative estimate of drug-likeness (QED) is 0.141. The summed E-state index contributed by atoms with van der Waals surface area (Å²) in [4.78, 5) is 24.6. The molecule has 9 heteroatoms. The van der Waals surface area contributed by atoms with Crippen LogP contribution in [0, 0.1) is 13.8 Å². The van der Waals surface area contributed by atoms with Gasteiger partial charge in [0.15, 0.2) is 18.1 Å². The summed E-state index contributed by atoms with van der Waals surface area (Å²) in [5.41, 5.74) is 5.52. The molecule has 0 aliphatic heterocycles. The van der Waals surface area contributed by atoms with Gasteiger partial charge >= 0.3 is 5.97 Å². The zero-order chi connectivity index (χ0) is 25.4. The van der Waals surface area contributed by atoms with Gasteiger partial charge in [0.1, 0.15) is 5.75 Å². The molecular formula is C26H24Br2N2O5. The molecule has 3 aromatic rings. The van der Waals surface area contributed by atoms with Crippen LogP contribution in [0.25, 0.3) is 0 Å². The van der Waals surface area contributed by atoms with E-state index in [4.69, 9.17) is 14.2 Å². The lowest BCUT2D eigenvalue weighted by Crippen LogP contribution is -2.24. The lowest BCUT2D eigenvalue weighted by molar-refractivity contribution is -0.123. The molecule has 0 spiro atoms. The smallest absolute Gasteiger partial charge is 0.343 e. The maximum atomic E-state index is 12.5. The normalized spacial score (nSPS) is 10.8. The first-order chi connectivity index (χ1) is 16.8. The molecule has 0 saturated carbocycles. The van der Waals surface area contributed by atoms with Crippen molar-refractivity contribution in [3.05, 3.63) is 85.8 Å². The van der Waals surface area contributed by atoms with Gasteiger partial charge in [-0.25, -0.2) is 10.2 Å². The fraction of sp³-hybridized carbons (Fsp3) is 0.192. The van der Waals surface area contributed by atoms with E-state index in [1.165, 1.54) is 6.21 Å². The fourth-order valence-corrected chi connectivity index (χ4v) is 4.19. The summed E-state index contributed by atoms with van der Waals surface area (Å²) < 4.78 is 18.4. The van der Waals surface area contributed by atoms with Gasteiger partial charge in [-0.1, -0.05) is 22.0 Å². The number of benzene rings is 3. The summed E-state index contributed by atoms with van der Waals surface area (Å²) in [6.45, 7) is 5.92. The number of hydrazone groups is 1. The Balaban J connectivity index is 1.61. The van der Waals surface area contributed by atoms with E-state index >= 15 is 0 Å². The minimum Gasteiger partial charge on any atom is -0.490 e. The van der Waals surface area contributed by atoms with Crippen LogP contribution in [0.1, 0.15) is 34.0 Å². The number of rotatable bonds is 9. The number of halogens is 2. The average molecular weight is 604 g/mol. The molecule has 0 aromatic heterocycles. The van der Waals surface area contributed by atoms with E-state index in [0.717, 1.165) is 20.1 Å². The van der Waals surface area contributed by atoms with E-state index in [1.807, 2.05) is 32.9 Å². The number of ether oxygens (including phenoxy) is 3. The number of aryl methyl sites for hydroxylation is 2. The van der Waals surface area contributed by atoms with Gasteiger partial charge in [-0.05, 0) is 102 Å². The van der Waals surface area contributed by atoms with Crippen molar-refractivity contribution >= 4 is 50.0 Å². The highest BCUT2D eigenvalue weighted by atomic mass is 79.9. The zero-order valence-corrected chi connectivity index (χ0v) is 22.6. The fourth-order valence-electron chi connectivity index (χ4n) is 3.14. The molecular weight excluding hydrogens is 580 g/mol. The standard InChI is InChI=1S/C26H24Br2N2O5/c1-4-33-23-13-18(5-10-22(23)35-26(32)19-6-8-20(27)9-7-19)14-29-30-24(31)15-34-25-17(3)11-16(2)12-21(25)28/h5-14H,4,15H2,1-3H3,(H,30,31)/b29-14+.